The molecule has 3 nitrogen and oxygen atoms in total. The van der Waals surface area contributed by atoms with E-state index in [1.54, 1.807) is 11.3 Å². The highest BCUT2D eigenvalue weighted by Crippen LogP contribution is 2.42. The molecule has 3 rings (SSSR count). The molecule has 1 saturated carbocycles. The third-order valence-electron chi connectivity index (χ3n) is 5.01. The van der Waals surface area contributed by atoms with E-state index < -0.39 is 5.60 Å². The summed E-state index contributed by atoms with van der Waals surface area (Å²) in [5.41, 5.74) is 0.681. The van der Waals surface area contributed by atoms with Crippen LogP contribution in [0.3, 0.4) is 0 Å². The van der Waals surface area contributed by atoms with E-state index in [9.17, 15) is 5.11 Å². The van der Waals surface area contributed by atoms with Gasteiger partial charge in [0, 0.05) is 38.6 Å². The topological polar surface area (TPSA) is 35.5 Å². The molecule has 0 amide bonds. The van der Waals surface area contributed by atoms with Crippen LogP contribution in [0, 0.1) is 0 Å². The van der Waals surface area contributed by atoms with Gasteiger partial charge in [0.2, 0.25) is 0 Å². The van der Waals surface area contributed by atoms with Crippen LogP contribution in [0.2, 0.25) is 4.34 Å². The Morgan fingerprint density at radius 1 is 1.29 bits per heavy atom. The number of halogens is 1. The third kappa shape index (κ3) is 3.80. The van der Waals surface area contributed by atoms with Crippen molar-refractivity contribution in [1.29, 1.82) is 0 Å². The van der Waals surface area contributed by atoms with Gasteiger partial charge in [0.15, 0.2) is 0 Å². The van der Waals surface area contributed by atoms with E-state index in [2.05, 4.69) is 21.7 Å². The van der Waals surface area contributed by atoms with Crippen molar-refractivity contribution >= 4 is 22.9 Å². The molecule has 1 aliphatic heterocycles. The highest BCUT2D eigenvalue weighted by atomic mass is 35.5. The smallest absolute Gasteiger partial charge is 0.0931 e. The van der Waals surface area contributed by atoms with E-state index >= 15 is 0 Å². The molecule has 2 fully saturated rings. The number of aliphatic hydroxyl groups is 1. The van der Waals surface area contributed by atoms with Gasteiger partial charge in [0.1, 0.15) is 0 Å². The van der Waals surface area contributed by atoms with Crippen molar-refractivity contribution in [2.45, 2.75) is 43.6 Å². The zero-order valence-corrected chi connectivity index (χ0v) is 14.1. The van der Waals surface area contributed by atoms with Crippen molar-refractivity contribution in [2.24, 2.45) is 0 Å². The maximum atomic E-state index is 11.2. The van der Waals surface area contributed by atoms with E-state index in [0.717, 1.165) is 62.7 Å². The summed E-state index contributed by atoms with van der Waals surface area (Å²) >= 11 is 7.73. The molecule has 118 valence electrons. The Hall–Kier alpha value is -0.130. The quantitative estimate of drug-likeness (QED) is 0.891. The van der Waals surface area contributed by atoms with Crippen LogP contribution in [0.1, 0.15) is 43.6 Å². The molecule has 2 N–H and O–H groups in total. The van der Waals surface area contributed by atoms with Crippen molar-refractivity contribution in [3.05, 3.63) is 21.3 Å². The van der Waals surface area contributed by atoms with Crippen LogP contribution in [-0.2, 0) is 0 Å². The summed E-state index contributed by atoms with van der Waals surface area (Å²) in [5.74, 6) is 0.194. The van der Waals surface area contributed by atoms with E-state index in [1.165, 1.54) is 12.0 Å². The van der Waals surface area contributed by atoms with Gasteiger partial charge in [-0.25, -0.2) is 0 Å². The zero-order chi connectivity index (χ0) is 14.7. The summed E-state index contributed by atoms with van der Waals surface area (Å²) in [6.07, 6.45) is 5.40. The largest absolute Gasteiger partial charge is 0.389 e. The molecule has 0 spiro atoms. The average Bonchev–Trinajstić information content (AvgIpc) is 2.93. The molecule has 0 bridgehead atoms. The zero-order valence-electron chi connectivity index (χ0n) is 12.5. The Bertz CT molecular complexity index is 453. The third-order valence-corrected chi connectivity index (χ3v) is 6.12. The lowest BCUT2D eigenvalue weighted by Gasteiger charge is -2.42. The van der Waals surface area contributed by atoms with Gasteiger partial charge in [-0.1, -0.05) is 30.9 Å². The fraction of sp³-hybridized carbons (Fsp3) is 0.750. The van der Waals surface area contributed by atoms with Gasteiger partial charge < -0.3 is 15.3 Å². The highest BCUT2D eigenvalue weighted by Gasteiger charge is 2.40. The fourth-order valence-electron chi connectivity index (χ4n) is 3.76. The lowest BCUT2D eigenvalue weighted by Crippen LogP contribution is -2.49. The molecule has 2 heterocycles. The minimum absolute atomic E-state index is 0.194. The van der Waals surface area contributed by atoms with Crippen LogP contribution < -0.4 is 5.32 Å². The number of rotatable bonds is 4. The molecule has 0 aromatic carbocycles. The van der Waals surface area contributed by atoms with Crippen molar-refractivity contribution in [2.75, 3.05) is 32.7 Å². The summed E-state index contributed by atoms with van der Waals surface area (Å²) in [5, 5.41) is 16.8. The highest BCUT2D eigenvalue weighted by molar-refractivity contribution is 7.14. The molecular weight excluding hydrogens is 304 g/mol. The summed E-state index contributed by atoms with van der Waals surface area (Å²) in [7, 11) is 0. The average molecular weight is 329 g/mol. The van der Waals surface area contributed by atoms with E-state index in [0.29, 0.717) is 0 Å². The molecule has 21 heavy (non-hydrogen) atoms. The molecule has 5 heteroatoms. The summed E-state index contributed by atoms with van der Waals surface area (Å²) < 4.78 is 0.828. The number of hydrogen-bond acceptors (Lipinski definition) is 4. The standard InChI is InChI=1S/C16H25ClN2OS/c17-15-10-13(12-21-15)14(11-19-8-6-18-7-9-19)16(20)4-2-1-3-5-16/h10,12,14,18,20H,1-9,11H2. The van der Waals surface area contributed by atoms with Gasteiger partial charge in [0.25, 0.3) is 0 Å². The molecular formula is C16H25ClN2OS. The molecule has 1 aromatic heterocycles. The van der Waals surface area contributed by atoms with Crippen molar-refractivity contribution in [3.8, 4) is 0 Å². The normalized spacial score (nSPS) is 24.9. The first kappa shape index (κ1) is 15.8. The van der Waals surface area contributed by atoms with Crippen LogP contribution >= 0.6 is 22.9 Å². The Balaban J connectivity index is 1.79. The Morgan fingerprint density at radius 3 is 2.62 bits per heavy atom. The van der Waals surface area contributed by atoms with Crippen molar-refractivity contribution < 1.29 is 5.11 Å². The second kappa shape index (κ2) is 6.97. The van der Waals surface area contributed by atoms with Crippen molar-refractivity contribution in [1.82, 2.24) is 10.2 Å². The Kier molecular flexibility index (Phi) is 5.23. The van der Waals surface area contributed by atoms with Crippen molar-refractivity contribution in [3.63, 3.8) is 0 Å². The van der Waals surface area contributed by atoms with Crippen LogP contribution in [0.25, 0.3) is 0 Å². The molecule has 1 aromatic rings. The fourth-order valence-corrected chi connectivity index (χ4v) is 4.70. The van der Waals surface area contributed by atoms with Crippen LogP contribution in [0.5, 0.6) is 0 Å². The van der Waals surface area contributed by atoms with Crippen LogP contribution in [0.4, 0.5) is 0 Å². The van der Waals surface area contributed by atoms with E-state index in [4.69, 9.17) is 11.6 Å². The number of nitrogens with zero attached hydrogens (tertiary/aromatic N) is 1. The summed E-state index contributed by atoms with van der Waals surface area (Å²) in [4.78, 5) is 2.49. The number of nitrogens with one attached hydrogen (secondary N) is 1. The SMILES string of the molecule is OC1(C(CN2CCNCC2)c2csc(Cl)c2)CCCCC1. The van der Waals surface area contributed by atoms with Gasteiger partial charge in [-0.3, -0.25) is 0 Å². The summed E-state index contributed by atoms with van der Waals surface area (Å²) in [6, 6.07) is 2.06. The lowest BCUT2D eigenvalue weighted by atomic mass is 9.73. The molecule has 1 saturated heterocycles. The predicted molar refractivity (Wildman–Crippen MR) is 89.4 cm³/mol. The summed E-state index contributed by atoms with van der Waals surface area (Å²) in [6.45, 7) is 5.20. The van der Waals surface area contributed by atoms with Gasteiger partial charge in [-0.2, -0.15) is 0 Å². The molecule has 1 atom stereocenters. The minimum atomic E-state index is -0.548. The lowest BCUT2D eigenvalue weighted by molar-refractivity contribution is -0.0315. The first-order valence-electron chi connectivity index (χ1n) is 8.07. The Labute approximate surface area is 136 Å². The maximum absolute atomic E-state index is 11.2. The second-order valence-corrected chi connectivity index (χ2v) is 7.99. The number of hydrogen-bond donors (Lipinski definition) is 2. The maximum Gasteiger partial charge on any atom is 0.0931 e. The van der Waals surface area contributed by atoms with E-state index in [1.807, 2.05) is 0 Å². The van der Waals surface area contributed by atoms with Gasteiger partial charge >= 0.3 is 0 Å². The number of thiophene rings is 1. The predicted octanol–water partition coefficient (Wildman–Crippen LogP) is 3.09. The molecule has 1 unspecified atom stereocenters. The van der Waals surface area contributed by atoms with E-state index in [-0.39, 0.29) is 5.92 Å². The van der Waals surface area contributed by atoms with Crippen LogP contribution in [-0.4, -0.2) is 48.3 Å². The number of piperazine rings is 1. The minimum Gasteiger partial charge on any atom is -0.389 e. The molecule has 0 radical (unpaired) electrons. The molecule has 1 aliphatic carbocycles. The van der Waals surface area contributed by atoms with Crippen LogP contribution in [0.15, 0.2) is 11.4 Å². The molecule has 2 aliphatic rings. The van der Waals surface area contributed by atoms with Gasteiger partial charge in [-0.15, -0.1) is 11.3 Å². The van der Waals surface area contributed by atoms with Gasteiger partial charge in [-0.05, 0) is 29.9 Å². The second-order valence-electron chi connectivity index (χ2n) is 6.45. The Morgan fingerprint density at radius 2 is 2.00 bits per heavy atom. The first-order valence-corrected chi connectivity index (χ1v) is 9.32. The monoisotopic (exact) mass is 328 g/mol. The first-order chi connectivity index (χ1) is 10.2. The van der Waals surface area contributed by atoms with Gasteiger partial charge in [0.05, 0.1) is 9.94 Å².